The lowest BCUT2D eigenvalue weighted by atomic mass is 10.1. The predicted molar refractivity (Wildman–Crippen MR) is 111 cm³/mol. The predicted octanol–water partition coefficient (Wildman–Crippen LogP) is 1.97. The quantitative estimate of drug-likeness (QED) is 0.686. The van der Waals surface area contributed by atoms with Crippen LogP contribution in [-0.4, -0.2) is 49.1 Å². The highest BCUT2D eigenvalue weighted by Gasteiger charge is 2.34. The highest BCUT2D eigenvalue weighted by molar-refractivity contribution is 7.89. The number of amides is 2. The van der Waals surface area contributed by atoms with E-state index < -0.39 is 15.9 Å². The summed E-state index contributed by atoms with van der Waals surface area (Å²) in [5, 5.41) is 2.84. The van der Waals surface area contributed by atoms with Gasteiger partial charge < -0.3 is 14.6 Å². The maximum Gasteiger partial charge on any atom is 0.243 e. The van der Waals surface area contributed by atoms with Crippen LogP contribution >= 0.6 is 0 Å². The molecule has 3 rings (SSSR count). The monoisotopic (exact) mass is 433 g/mol. The Morgan fingerprint density at radius 3 is 2.57 bits per heavy atom. The Balaban J connectivity index is 1.54. The van der Waals surface area contributed by atoms with E-state index in [1.165, 1.54) is 4.31 Å². The van der Waals surface area contributed by atoms with Gasteiger partial charge >= 0.3 is 0 Å². The molecule has 1 atom stereocenters. The van der Waals surface area contributed by atoms with Crippen LogP contribution in [-0.2, 0) is 32.7 Å². The van der Waals surface area contributed by atoms with Gasteiger partial charge in [-0.25, -0.2) is 8.42 Å². The van der Waals surface area contributed by atoms with Crippen molar-refractivity contribution < 1.29 is 22.4 Å². The largest absolute Gasteiger partial charge is 0.467 e. The van der Waals surface area contributed by atoms with E-state index >= 15 is 0 Å². The molecule has 1 aliphatic rings. The molecule has 1 aliphatic heterocycles. The van der Waals surface area contributed by atoms with Crippen molar-refractivity contribution in [2.45, 2.75) is 44.3 Å². The van der Waals surface area contributed by atoms with Crippen molar-refractivity contribution in [3.05, 3.63) is 54.0 Å². The van der Waals surface area contributed by atoms with Crippen molar-refractivity contribution in [2.24, 2.45) is 5.92 Å². The van der Waals surface area contributed by atoms with Crippen molar-refractivity contribution in [3.8, 4) is 0 Å². The fourth-order valence-corrected chi connectivity index (χ4v) is 4.62. The fraction of sp³-hybridized carbons (Fsp3) is 0.429. The van der Waals surface area contributed by atoms with Crippen LogP contribution in [0, 0.1) is 5.92 Å². The molecular formula is C21H27N3O5S. The number of carbonyl (C=O) groups is 2. The fourth-order valence-electron chi connectivity index (χ4n) is 3.25. The second kappa shape index (κ2) is 9.01. The standard InChI is InChI=1S/C21H27N3O5S/c1-15(2)23(3)30(27,28)19-8-6-16(7-9-19)12-22-21(26)17-11-20(25)24(13-17)14-18-5-4-10-29-18/h4-10,15,17H,11-14H2,1-3H3,(H,22,26). The first-order valence-electron chi connectivity index (χ1n) is 9.83. The highest BCUT2D eigenvalue weighted by Crippen LogP contribution is 2.21. The smallest absolute Gasteiger partial charge is 0.243 e. The van der Waals surface area contributed by atoms with Gasteiger partial charge in [-0.15, -0.1) is 0 Å². The molecule has 1 aromatic carbocycles. The zero-order chi connectivity index (χ0) is 21.9. The molecule has 0 bridgehead atoms. The summed E-state index contributed by atoms with van der Waals surface area (Å²) in [6, 6.07) is 9.87. The second-order valence-corrected chi connectivity index (χ2v) is 9.73. The van der Waals surface area contributed by atoms with Gasteiger partial charge in [0.05, 0.1) is 23.6 Å². The van der Waals surface area contributed by atoms with E-state index in [1.54, 1.807) is 54.6 Å². The molecule has 8 nitrogen and oxygen atoms in total. The average Bonchev–Trinajstić information content (AvgIpc) is 3.36. The minimum Gasteiger partial charge on any atom is -0.467 e. The number of sulfonamides is 1. The summed E-state index contributed by atoms with van der Waals surface area (Å²) in [5.41, 5.74) is 0.784. The van der Waals surface area contributed by atoms with E-state index in [4.69, 9.17) is 4.42 Å². The summed E-state index contributed by atoms with van der Waals surface area (Å²) in [6.07, 6.45) is 1.72. The van der Waals surface area contributed by atoms with Crippen molar-refractivity contribution in [1.82, 2.24) is 14.5 Å². The minimum atomic E-state index is -3.54. The van der Waals surface area contributed by atoms with Crippen molar-refractivity contribution >= 4 is 21.8 Å². The third-order valence-electron chi connectivity index (χ3n) is 5.31. The van der Waals surface area contributed by atoms with Crippen LogP contribution in [0.2, 0.25) is 0 Å². The normalized spacial score (nSPS) is 17.2. The molecule has 0 saturated carbocycles. The van der Waals surface area contributed by atoms with Crippen molar-refractivity contribution in [2.75, 3.05) is 13.6 Å². The van der Waals surface area contributed by atoms with Crippen LogP contribution in [0.1, 0.15) is 31.6 Å². The van der Waals surface area contributed by atoms with Gasteiger partial charge in [-0.05, 0) is 43.7 Å². The molecule has 2 heterocycles. The van der Waals surface area contributed by atoms with Gasteiger partial charge in [-0.1, -0.05) is 12.1 Å². The van der Waals surface area contributed by atoms with E-state index in [1.807, 2.05) is 13.8 Å². The van der Waals surface area contributed by atoms with Crippen molar-refractivity contribution in [1.29, 1.82) is 0 Å². The number of likely N-dealkylation sites (tertiary alicyclic amines) is 1. The van der Waals surface area contributed by atoms with E-state index in [2.05, 4.69) is 5.32 Å². The van der Waals surface area contributed by atoms with Crippen LogP contribution < -0.4 is 5.32 Å². The highest BCUT2D eigenvalue weighted by atomic mass is 32.2. The number of nitrogens with one attached hydrogen (secondary N) is 1. The lowest BCUT2D eigenvalue weighted by Crippen LogP contribution is -2.33. The van der Waals surface area contributed by atoms with Crippen LogP contribution in [0.15, 0.2) is 52.0 Å². The molecule has 2 amide bonds. The van der Waals surface area contributed by atoms with E-state index in [0.29, 0.717) is 18.8 Å². The molecule has 1 aromatic heterocycles. The molecule has 1 saturated heterocycles. The Morgan fingerprint density at radius 2 is 1.97 bits per heavy atom. The van der Waals surface area contributed by atoms with Gasteiger partial charge in [0, 0.05) is 32.6 Å². The average molecular weight is 434 g/mol. The van der Waals surface area contributed by atoms with Gasteiger partial charge in [-0.2, -0.15) is 4.31 Å². The topological polar surface area (TPSA) is 99.9 Å². The lowest BCUT2D eigenvalue weighted by Gasteiger charge is -2.21. The number of nitrogens with zero attached hydrogens (tertiary/aromatic N) is 2. The zero-order valence-corrected chi connectivity index (χ0v) is 18.2. The Kier molecular flexibility index (Phi) is 6.62. The first-order valence-corrected chi connectivity index (χ1v) is 11.3. The molecule has 1 fully saturated rings. The summed E-state index contributed by atoms with van der Waals surface area (Å²) in [4.78, 5) is 26.5. The summed E-state index contributed by atoms with van der Waals surface area (Å²) < 4.78 is 31.6. The van der Waals surface area contributed by atoms with Crippen LogP contribution in [0.4, 0.5) is 0 Å². The third kappa shape index (κ3) is 4.91. The second-order valence-electron chi connectivity index (χ2n) is 7.73. The molecule has 1 N–H and O–H groups in total. The van der Waals surface area contributed by atoms with Crippen LogP contribution in [0.3, 0.4) is 0 Å². The minimum absolute atomic E-state index is 0.0737. The number of benzene rings is 1. The summed E-state index contributed by atoms with van der Waals surface area (Å²) in [7, 11) is -1.99. The van der Waals surface area contributed by atoms with Crippen molar-refractivity contribution in [3.63, 3.8) is 0 Å². The molecule has 2 aromatic rings. The van der Waals surface area contributed by atoms with Gasteiger partial charge in [0.2, 0.25) is 21.8 Å². The Morgan fingerprint density at radius 1 is 1.27 bits per heavy atom. The van der Waals surface area contributed by atoms with Gasteiger partial charge in [0.15, 0.2) is 0 Å². The number of rotatable bonds is 8. The molecule has 0 radical (unpaired) electrons. The summed E-state index contributed by atoms with van der Waals surface area (Å²) in [5.74, 6) is 0.00582. The lowest BCUT2D eigenvalue weighted by molar-refractivity contribution is -0.129. The number of hydrogen-bond donors (Lipinski definition) is 1. The molecular weight excluding hydrogens is 406 g/mol. The maximum atomic E-state index is 12.5. The Bertz CT molecular complexity index is 984. The zero-order valence-electron chi connectivity index (χ0n) is 17.4. The summed E-state index contributed by atoms with van der Waals surface area (Å²) in [6.45, 7) is 4.60. The van der Waals surface area contributed by atoms with Crippen LogP contribution in [0.25, 0.3) is 0 Å². The van der Waals surface area contributed by atoms with Gasteiger partial charge in [-0.3, -0.25) is 9.59 Å². The van der Waals surface area contributed by atoms with Crippen LogP contribution in [0.5, 0.6) is 0 Å². The van der Waals surface area contributed by atoms with Gasteiger partial charge in [0.25, 0.3) is 0 Å². The first kappa shape index (κ1) is 22.0. The Labute approximate surface area is 176 Å². The SMILES string of the molecule is CC(C)N(C)S(=O)(=O)c1ccc(CNC(=O)C2CC(=O)N(Cc3ccco3)C2)cc1. The summed E-state index contributed by atoms with van der Waals surface area (Å²) >= 11 is 0. The van der Waals surface area contributed by atoms with Gasteiger partial charge in [0.1, 0.15) is 5.76 Å². The van der Waals surface area contributed by atoms with E-state index in [-0.39, 0.29) is 35.7 Å². The number of hydrogen-bond acceptors (Lipinski definition) is 5. The molecule has 9 heteroatoms. The number of furan rings is 1. The number of carbonyl (C=O) groups excluding carboxylic acids is 2. The molecule has 0 aliphatic carbocycles. The van der Waals surface area contributed by atoms with E-state index in [0.717, 1.165) is 5.56 Å². The van der Waals surface area contributed by atoms with E-state index in [9.17, 15) is 18.0 Å². The third-order valence-corrected chi connectivity index (χ3v) is 7.35. The molecule has 1 unspecified atom stereocenters. The molecule has 30 heavy (non-hydrogen) atoms. The molecule has 162 valence electrons. The molecule has 0 spiro atoms. The Hall–Kier alpha value is -2.65. The first-order chi connectivity index (χ1) is 14.2. The maximum absolute atomic E-state index is 12.5.